The number of hydrogen-bond acceptors (Lipinski definition) is 1. The SMILES string of the molecule is C=C1CC(C)(O)C(=C)C2CCCC12. The Labute approximate surface area is 80.2 Å². The van der Waals surface area contributed by atoms with E-state index in [1.807, 2.05) is 6.92 Å². The number of aliphatic hydroxyl groups is 1. The quantitative estimate of drug-likeness (QED) is 0.565. The van der Waals surface area contributed by atoms with Crippen LogP contribution in [0.25, 0.3) is 0 Å². The zero-order valence-electron chi connectivity index (χ0n) is 8.34. The highest BCUT2D eigenvalue weighted by Gasteiger charge is 2.43. The molecule has 0 heterocycles. The normalized spacial score (nSPS) is 45.1. The highest BCUT2D eigenvalue weighted by atomic mass is 16.3. The lowest BCUT2D eigenvalue weighted by molar-refractivity contribution is 0.0680. The van der Waals surface area contributed by atoms with Crippen molar-refractivity contribution in [2.45, 2.75) is 38.2 Å². The Kier molecular flexibility index (Phi) is 1.88. The van der Waals surface area contributed by atoms with E-state index in [1.165, 1.54) is 24.8 Å². The number of hydrogen-bond donors (Lipinski definition) is 1. The molecule has 0 amide bonds. The number of rotatable bonds is 0. The molecule has 2 rings (SSSR count). The van der Waals surface area contributed by atoms with E-state index < -0.39 is 5.60 Å². The molecule has 72 valence electrons. The first kappa shape index (κ1) is 9.01. The van der Waals surface area contributed by atoms with Gasteiger partial charge in [0, 0.05) is 6.42 Å². The third-order valence-corrected chi connectivity index (χ3v) is 3.75. The van der Waals surface area contributed by atoms with Gasteiger partial charge >= 0.3 is 0 Å². The second kappa shape index (κ2) is 2.71. The summed E-state index contributed by atoms with van der Waals surface area (Å²) in [4.78, 5) is 0. The molecule has 0 radical (unpaired) electrons. The van der Waals surface area contributed by atoms with E-state index in [0.717, 1.165) is 5.57 Å². The maximum atomic E-state index is 10.1. The maximum absolute atomic E-state index is 10.1. The van der Waals surface area contributed by atoms with E-state index in [1.54, 1.807) is 0 Å². The minimum Gasteiger partial charge on any atom is -0.385 e. The van der Waals surface area contributed by atoms with Gasteiger partial charge in [0.1, 0.15) is 0 Å². The smallest absolute Gasteiger partial charge is 0.0865 e. The fourth-order valence-corrected chi connectivity index (χ4v) is 2.95. The molecule has 2 aliphatic rings. The van der Waals surface area contributed by atoms with Crippen LogP contribution >= 0.6 is 0 Å². The third kappa shape index (κ3) is 1.26. The van der Waals surface area contributed by atoms with Crippen LogP contribution in [-0.4, -0.2) is 10.7 Å². The summed E-state index contributed by atoms with van der Waals surface area (Å²) in [5, 5.41) is 10.1. The van der Waals surface area contributed by atoms with Crippen LogP contribution in [0.3, 0.4) is 0 Å². The van der Waals surface area contributed by atoms with Gasteiger partial charge < -0.3 is 5.11 Å². The molecule has 0 aromatic heterocycles. The van der Waals surface area contributed by atoms with Gasteiger partial charge in [0.2, 0.25) is 0 Å². The first-order valence-electron chi connectivity index (χ1n) is 5.12. The molecule has 0 bridgehead atoms. The standard InChI is InChI=1S/C12H18O/c1-8-7-12(3,13)9(2)11-6-4-5-10(8)11/h10-11,13H,1-2,4-7H2,3H3. The second-order valence-corrected chi connectivity index (χ2v) is 4.78. The van der Waals surface area contributed by atoms with Crippen molar-refractivity contribution in [3.8, 4) is 0 Å². The van der Waals surface area contributed by atoms with Gasteiger partial charge in [-0.05, 0) is 37.2 Å². The average Bonchev–Trinajstić information content (AvgIpc) is 2.47. The van der Waals surface area contributed by atoms with Crippen molar-refractivity contribution in [2.75, 3.05) is 0 Å². The van der Waals surface area contributed by atoms with Crippen molar-refractivity contribution in [1.29, 1.82) is 0 Å². The molecule has 0 aliphatic heterocycles. The van der Waals surface area contributed by atoms with Crippen molar-refractivity contribution in [2.24, 2.45) is 11.8 Å². The van der Waals surface area contributed by atoms with Gasteiger partial charge in [0.05, 0.1) is 5.60 Å². The van der Waals surface area contributed by atoms with Crippen LogP contribution in [0.15, 0.2) is 24.3 Å². The molecular formula is C12H18O. The Morgan fingerprint density at radius 1 is 1.31 bits per heavy atom. The Bertz CT molecular complexity index is 262. The van der Waals surface area contributed by atoms with Crippen molar-refractivity contribution in [3.63, 3.8) is 0 Å². The zero-order chi connectivity index (χ0) is 9.64. The van der Waals surface area contributed by atoms with E-state index in [0.29, 0.717) is 18.3 Å². The monoisotopic (exact) mass is 178 g/mol. The van der Waals surface area contributed by atoms with E-state index >= 15 is 0 Å². The molecule has 0 saturated heterocycles. The van der Waals surface area contributed by atoms with Crippen molar-refractivity contribution >= 4 is 0 Å². The van der Waals surface area contributed by atoms with Crippen LogP contribution in [0.5, 0.6) is 0 Å². The zero-order valence-corrected chi connectivity index (χ0v) is 8.34. The van der Waals surface area contributed by atoms with Gasteiger partial charge in [-0.15, -0.1) is 0 Å². The second-order valence-electron chi connectivity index (χ2n) is 4.78. The predicted molar refractivity (Wildman–Crippen MR) is 54.4 cm³/mol. The van der Waals surface area contributed by atoms with Gasteiger partial charge in [-0.3, -0.25) is 0 Å². The van der Waals surface area contributed by atoms with Gasteiger partial charge in [-0.2, -0.15) is 0 Å². The molecule has 13 heavy (non-hydrogen) atoms. The molecular weight excluding hydrogens is 160 g/mol. The lowest BCUT2D eigenvalue weighted by Crippen LogP contribution is -2.38. The first-order chi connectivity index (χ1) is 6.02. The van der Waals surface area contributed by atoms with Crippen LogP contribution in [0, 0.1) is 11.8 Å². The van der Waals surface area contributed by atoms with Crippen LogP contribution in [0.1, 0.15) is 32.6 Å². The first-order valence-corrected chi connectivity index (χ1v) is 5.12. The highest BCUT2D eigenvalue weighted by Crippen LogP contribution is 2.50. The average molecular weight is 178 g/mol. The fraction of sp³-hybridized carbons (Fsp3) is 0.667. The van der Waals surface area contributed by atoms with Crippen LogP contribution in [0.4, 0.5) is 0 Å². The molecule has 3 atom stereocenters. The van der Waals surface area contributed by atoms with Crippen molar-refractivity contribution in [1.82, 2.24) is 0 Å². The van der Waals surface area contributed by atoms with E-state index in [9.17, 15) is 5.11 Å². The Morgan fingerprint density at radius 3 is 2.62 bits per heavy atom. The van der Waals surface area contributed by atoms with Crippen LogP contribution < -0.4 is 0 Å². The largest absolute Gasteiger partial charge is 0.385 e. The van der Waals surface area contributed by atoms with Crippen molar-refractivity contribution < 1.29 is 5.11 Å². The fourth-order valence-electron chi connectivity index (χ4n) is 2.95. The summed E-state index contributed by atoms with van der Waals surface area (Å²) < 4.78 is 0. The van der Waals surface area contributed by atoms with Gasteiger partial charge in [0.25, 0.3) is 0 Å². The third-order valence-electron chi connectivity index (χ3n) is 3.75. The molecule has 2 fully saturated rings. The van der Waals surface area contributed by atoms with E-state index in [2.05, 4.69) is 13.2 Å². The summed E-state index contributed by atoms with van der Waals surface area (Å²) >= 11 is 0. The van der Waals surface area contributed by atoms with Crippen LogP contribution in [0.2, 0.25) is 0 Å². The topological polar surface area (TPSA) is 20.2 Å². The summed E-state index contributed by atoms with van der Waals surface area (Å²) in [6, 6.07) is 0. The Morgan fingerprint density at radius 2 is 1.92 bits per heavy atom. The van der Waals surface area contributed by atoms with E-state index in [4.69, 9.17) is 0 Å². The summed E-state index contributed by atoms with van der Waals surface area (Å²) in [5.74, 6) is 1.13. The van der Waals surface area contributed by atoms with Gasteiger partial charge in [0.15, 0.2) is 0 Å². The molecule has 1 nitrogen and oxygen atoms in total. The maximum Gasteiger partial charge on any atom is 0.0865 e. The molecule has 0 aromatic carbocycles. The summed E-state index contributed by atoms with van der Waals surface area (Å²) in [5.41, 5.74) is 1.59. The van der Waals surface area contributed by atoms with E-state index in [-0.39, 0.29) is 0 Å². The Hall–Kier alpha value is -0.560. The van der Waals surface area contributed by atoms with Gasteiger partial charge in [-0.25, -0.2) is 0 Å². The predicted octanol–water partition coefficient (Wildman–Crippen LogP) is 2.67. The molecule has 1 N–H and O–H groups in total. The molecule has 1 heteroatoms. The number of fused-ring (bicyclic) bond motifs is 1. The molecule has 0 spiro atoms. The van der Waals surface area contributed by atoms with Gasteiger partial charge in [-0.1, -0.05) is 25.2 Å². The van der Waals surface area contributed by atoms with Crippen molar-refractivity contribution in [3.05, 3.63) is 24.3 Å². The molecule has 0 aromatic rings. The highest BCUT2D eigenvalue weighted by molar-refractivity contribution is 5.29. The van der Waals surface area contributed by atoms with Crippen LogP contribution in [-0.2, 0) is 0 Å². The Balaban J connectivity index is 2.30. The molecule has 2 saturated carbocycles. The summed E-state index contributed by atoms with van der Waals surface area (Å²) in [6.07, 6.45) is 4.42. The molecule has 2 aliphatic carbocycles. The summed E-state index contributed by atoms with van der Waals surface area (Å²) in [6.45, 7) is 10.0. The molecule has 3 unspecified atom stereocenters. The minimum absolute atomic E-state index is 0.510. The lowest BCUT2D eigenvalue weighted by Gasteiger charge is -2.40. The summed E-state index contributed by atoms with van der Waals surface area (Å²) in [7, 11) is 0. The minimum atomic E-state index is -0.692. The lowest BCUT2D eigenvalue weighted by atomic mass is 9.68.